The predicted molar refractivity (Wildman–Crippen MR) is 129 cm³/mol. The van der Waals surface area contributed by atoms with Gasteiger partial charge in [-0.2, -0.15) is 5.10 Å². The molecule has 0 saturated carbocycles. The smallest absolute Gasteiger partial charge is 0.166 e. The number of nitrogens with two attached hydrogens (primary N) is 1. The van der Waals surface area contributed by atoms with Crippen LogP contribution in [-0.4, -0.2) is 29.4 Å². The molecule has 0 saturated heterocycles. The van der Waals surface area contributed by atoms with Crippen molar-refractivity contribution < 1.29 is 13.9 Å². The third-order valence-electron chi connectivity index (χ3n) is 4.83. The van der Waals surface area contributed by atoms with Gasteiger partial charge in [-0.15, -0.1) is 0 Å². The van der Waals surface area contributed by atoms with E-state index in [-0.39, 0.29) is 10.8 Å². The number of halogens is 3. The summed E-state index contributed by atoms with van der Waals surface area (Å²) < 4.78 is 27.3. The fourth-order valence-corrected chi connectivity index (χ4v) is 4.41. The first-order valence-electron chi connectivity index (χ1n) is 10.2. The molecule has 3 rings (SSSR count). The molecule has 2 heterocycles. The van der Waals surface area contributed by atoms with Gasteiger partial charge in [0.25, 0.3) is 0 Å². The average molecular weight is 497 g/mol. The summed E-state index contributed by atoms with van der Waals surface area (Å²) in [6, 6.07) is 7.35. The molecule has 2 aromatic heterocycles. The van der Waals surface area contributed by atoms with Crippen molar-refractivity contribution in [2.45, 2.75) is 45.4 Å². The number of pyridine rings is 1. The monoisotopic (exact) mass is 496 g/mol. The summed E-state index contributed by atoms with van der Waals surface area (Å²) in [6.45, 7) is 9.75. The summed E-state index contributed by atoms with van der Waals surface area (Å²) in [7, 11) is -1.13. The van der Waals surface area contributed by atoms with Crippen molar-refractivity contribution in [1.82, 2.24) is 14.8 Å². The van der Waals surface area contributed by atoms with Crippen LogP contribution in [0.1, 0.15) is 18.6 Å². The normalized spacial score (nSPS) is 12.7. The van der Waals surface area contributed by atoms with Gasteiger partial charge in [0.15, 0.2) is 11.6 Å². The van der Waals surface area contributed by atoms with E-state index in [2.05, 4.69) is 29.7 Å². The highest BCUT2D eigenvalue weighted by molar-refractivity contribution is 6.76. The highest BCUT2D eigenvalue weighted by Crippen LogP contribution is 2.36. The molecule has 0 amide bonds. The van der Waals surface area contributed by atoms with Gasteiger partial charge in [0.2, 0.25) is 0 Å². The standard InChI is InChI=1S/C22H27Cl2FN4O2Si/c1-14(20-16(23)5-6-17(25)21(20)24)31-19-11-15(12-27-22(19)26)18-7-8-29(28-18)13-30-9-10-32(2,3)4/h5-8,11-12,14H,9-10,13H2,1-4H3,(H2,26,27). The van der Waals surface area contributed by atoms with Gasteiger partial charge in [-0.25, -0.2) is 14.1 Å². The molecule has 3 aromatic rings. The number of nitrogen functional groups attached to an aromatic ring is 1. The zero-order valence-electron chi connectivity index (χ0n) is 18.5. The van der Waals surface area contributed by atoms with E-state index < -0.39 is 20.0 Å². The lowest BCUT2D eigenvalue weighted by Crippen LogP contribution is -2.22. The molecule has 1 atom stereocenters. The van der Waals surface area contributed by atoms with E-state index in [1.165, 1.54) is 12.1 Å². The van der Waals surface area contributed by atoms with E-state index in [0.29, 0.717) is 28.8 Å². The Morgan fingerprint density at radius 1 is 1.22 bits per heavy atom. The van der Waals surface area contributed by atoms with Gasteiger partial charge in [0, 0.05) is 43.2 Å². The van der Waals surface area contributed by atoms with Crippen molar-refractivity contribution in [1.29, 1.82) is 0 Å². The van der Waals surface area contributed by atoms with Crippen LogP contribution in [0.3, 0.4) is 0 Å². The number of nitrogens with zero attached hydrogens (tertiary/aromatic N) is 3. The fourth-order valence-electron chi connectivity index (χ4n) is 2.98. The molecule has 1 aromatic carbocycles. The van der Waals surface area contributed by atoms with Gasteiger partial charge >= 0.3 is 0 Å². The Labute approximate surface area is 198 Å². The van der Waals surface area contributed by atoms with Crippen LogP contribution in [0.2, 0.25) is 35.7 Å². The van der Waals surface area contributed by atoms with Crippen LogP contribution in [0.25, 0.3) is 11.3 Å². The first-order chi connectivity index (χ1) is 15.0. The summed E-state index contributed by atoms with van der Waals surface area (Å²) in [5, 5.41) is 4.76. The van der Waals surface area contributed by atoms with Crippen LogP contribution in [0, 0.1) is 5.82 Å². The molecule has 0 fully saturated rings. The van der Waals surface area contributed by atoms with Crippen molar-refractivity contribution in [3.05, 3.63) is 58.1 Å². The van der Waals surface area contributed by atoms with Crippen molar-refractivity contribution in [3.63, 3.8) is 0 Å². The van der Waals surface area contributed by atoms with Crippen LogP contribution < -0.4 is 10.5 Å². The minimum atomic E-state index is -1.13. The maximum absolute atomic E-state index is 13.9. The molecule has 0 aliphatic carbocycles. The lowest BCUT2D eigenvalue weighted by molar-refractivity contribution is 0.0787. The number of benzene rings is 1. The predicted octanol–water partition coefficient (Wildman–Crippen LogP) is 6.43. The van der Waals surface area contributed by atoms with Gasteiger partial charge in [-0.3, -0.25) is 0 Å². The zero-order chi connectivity index (χ0) is 23.5. The van der Waals surface area contributed by atoms with E-state index in [1.807, 2.05) is 12.3 Å². The molecule has 10 heteroatoms. The molecule has 2 N–H and O–H groups in total. The molecular formula is C22H27Cl2FN4O2Si. The molecule has 1 unspecified atom stereocenters. The molecule has 0 aliphatic heterocycles. The summed E-state index contributed by atoms with van der Waals surface area (Å²) in [6.07, 6.45) is 2.81. The van der Waals surface area contributed by atoms with Crippen LogP contribution in [0.15, 0.2) is 36.7 Å². The third kappa shape index (κ3) is 6.22. The summed E-state index contributed by atoms with van der Waals surface area (Å²) >= 11 is 12.3. The van der Waals surface area contributed by atoms with Crippen molar-refractivity contribution in [2.75, 3.05) is 12.3 Å². The Bertz CT molecular complexity index is 1090. The van der Waals surface area contributed by atoms with Crippen LogP contribution in [0.5, 0.6) is 5.75 Å². The first-order valence-corrected chi connectivity index (χ1v) is 14.7. The average Bonchev–Trinajstić information content (AvgIpc) is 3.18. The minimum Gasteiger partial charge on any atom is -0.482 e. The van der Waals surface area contributed by atoms with Crippen molar-refractivity contribution >= 4 is 37.1 Å². The van der Waals surface area contributed by atoms with Gasteiger partial charge in [-0.05, 0) is 37.2 Å². The number of hydrogen-bond acceptors (Lipinski definition) is 5. The fraction of sp³-hybridized carbons (Fsp3) is 0.364. The second-order valence-corrected chi connectivity index (χ2v) is 15.1. The van der Waals surface area contributed by atoms with Gasteiger partial charge < -0.3 is 15.2 Å². The van der Waals surface area contributed by atoms with E-state index in [0.717, 1.165) is 18.2 Å². The summed E-state index contributed by atoms with van der Waals surface area (Å²) in [4.78, 5) is 4.21. The van der Waals surface area contributed by atoms with Crippen molar-refractivity contribution in [3.8, 4) is 17.0 Å². The molecule has 172 valence electrons. The molecule has 6 nitrogen and oxygen atoms in total. The number of ether oxygens (including phenoxy) is 2. The maximum atomic E-state index is 13.9. The number of aromatic nitrogens is 3. The van der Waals surface area contributed by atoms with E-state index in [4.69, 9.17) is 38.4 Å². The van der Waals surface area contributed by atoms with Crippen LogP contribution >= 0.6 is 23.2 Å². The van der Waals surface area contributed by atoms with Gasteiger partial charge in [0.05, 0.1) is 10.7 Å². The Balaban J connectivity index is 1.73. The number of hydrogen-bond donors (Lipinski definition) is 1. The lowest BCUT2D eigenvalue weighted by atomic mass is 10.1. The zero-order valence-corrected chi connectivity index (χ0v) is 21.0. The molecule has 0 bridgehead atoms. The van der Waals surface area contributed by atoms with E-state index >= 15 is 0 Å². The maximum Gasteiger partial charge on any atom is 0.166 e. The highest BCUT2D eigenvalue weighted by atomic mass is 35.5. The van der Waals surface area contributed by atoms with Crippen molar-refractivity contribution in [2.24, 2.45) is 0 Å². The van der Waals surface area contributed by atoms with Crippen LogP contribution in [0.4, 0.5) is 10.2 Å². The molecule has 0 spiro atoms. The topological polar surface area (TPSA) is 75.2 Å². The van der Waals surface area contributed by atoms with Gasteiger partial charge in [0.1, 0.15) is 18.7 Å². The van der Waals surface area contributed by atoms with Crippen LogP contribution in [-0.2, 0) is 11.5 Å². The second kappa shape index (κ2) is 10.2. The number of anilines is 1. The molecule has 32 heavy (non-hydrogen) atoms. The van der Waals surface area contributed by atoms with E-state index in [9.17, 15) is 4.39 Å². The summed E-state index contributed by atoms with van der Waals surface area (Å²) in [5.74, 6) is -0.0512. The Morgan fingerprint density at radius 3 is 2.69 bits per heavy atom. The third-order valence-corrected chi connectivity index (χ3v) is 7.25. The molecule has 0 aliphatic rings. The Morgan fingerprint density at radius 2 is 1.97 bits per heavy atom. The first kappa shape index (κ1) is 24.5. The molecule has 0 radical (unpaired) electrons. The minimum absolute atomic E-state index is 0.0828. The van der Waals surface area contributed by atoms with Gasteiger partial charge in [-0.1, -0.05) is 42.8 Å². The largest absolute Gasteiger partial charge is 0.482 e. The highest BCUT2D eigenvalue weighted by Gasteiger charge is 2.20. The second-order valence-electron chi connectivity index (χ2n) is 8.71. The summed E-state index contributed by atoms with van der Waals surface area (Å²) in [5.41, 5.74) is 7.77. The number of rotatable bonds is 9. The van der Waals surface area contributed by atoms with E-state index in [1.54, 1.807) is 23.9 Å². The SMILES string of the molecule is CC(Oc1cc(-c2ccn(COCC[Si](C)(C)C)n2)cnc1N)c1c(Cl)ccc(F)c1Cl. The Kier molecular flexibility index (Phi) is 7.82. The Hall–Kier alpha value is -2.13. The quantitative estimate of drug-likeness (QED) is 0.210. The molecular weight excluding hydrogens is 470 g/mol. The lowest BCUT2D eigenvalue weighted by Gasteiger charge is -2.19.